The van der Waals surface area contributed by atoms with E-state index in [1.54, 1.807) is 18.2 Å². The second kappa shape index (κ2) is 11.2. The first kappa shape index (κ1) is 18.6. The van der Waals surface area contributed by atoms with Gasteiger partial charge in [-0.25, -0.2) is 5.43 Å². The largest absolute Gasteiger partial charge is 0.491 e. The molecule has 23 heavy (non-hydrogen) atoms. The van der Waals surface area contributed by atoms with E-state index in [1.165, 1.54) is 6.21 Å². The third kappa shape index (κ3) is 8.57. The van der Waals surface area contributed by atoms with Crippen LogP contribution in [0.3, 0.4) is 0 Å². The number of benzene rings is 1. The predicted molar refractivity (Wildman–Crippen MR) is 85.5 cm³/mol. The minimum Gasteiger partial charge on any atom is -0.491 e. The van der Waals surface area contributed by atoms with Crippen LogP contribution in [0.15, 0.2) is 29.4 Å². The molecule has 0 radical (unpaired) electrons. The van der Waals surface area contributed by atoms with Gasteiger partial charge in [-0.1, -0.05) is 18.6 Å². The molecule has 0 bridgehead atoms. The number of carbonyl (C=O) groups is 2. The van der Waals surface area contributed by atoms with Crippen LogP contribution in [-0.2, 0) is 9.59 Å². The summed E-state index contributed by atoms with van der Waals surface area (Å²) in [5.74, 6) is -0.459. The fourth-order valence-electron chi connectivity index (χ4n) is 1.84. The third-order valence-electron chi connectivity index (χ3n) is 2.96. The lowest BCUT2D eigenvalue weighted by Crippen LogP contribution is -2.17. The smallest absolute Gasteiger partial charge is 0.303 e. The van der Waals surface area contributed by atoms with Crippen LogP contribution in [0.25, 0.3) is 0 Å². The van der Waals surface area contributed by atoms with Gasteiger partial charge in [0.1, 0.15) is 12.4 Å². The van der Waals surface area contributed by atoms with Gasteiger partial charge in [0.25, 0.3) is 0 Å². The molecule has 0 aliphatic rings. The van der Waals surface area contributed by atoms with E-state index in [2.05, 4.69) is 10.5 Å². The van der Waals surface area contributed by atoms with E-state index in [0.717, 1.165) is 0 Å². The van der Waals surface area contributed by atoms with Crippen LogP contribution in [0.4, 0.5) is 0 Å². The van der Waals surface area contributed by atoms with Crippen molar-refractivity contribution in [2.75, 3.05) is 13.2 Å². The number of carbonyl (C=O) groups excluding carboxylic acids is 1. The van der Waals surface area contributed by atoms with Gasteiger partial charge in [0.15, 0.2) is 0 Å². The number of para-hydroxylation sites is 1. The zero-order valence-corrected chi connectivity index (χ0v) is 12.9. The Labute approximate surface area is 135 Å². The number of rotatable bonds is 11. The molecule has 0 fully saturated rings. The topological polar surface area (TPSA) is 108 Å². The van der Waals surface area contributed by atoms with E-state index in [9.17, 15) is 9.59 Å². The molecule has 0 atom stereocenters. The number of aliphatic hydroxyl groups is 1. The average molecular weight is 322 g/mol. The molecule has 0 heterocycles. The lowest BCUT2D eigenvalue weighted by molar-refractivity contribution is -0.137. The standard InChI is InChI=1S/C16H22N2O5/c19-10-11-23-14-7-5-4-6-13(14)12-17-18-15(20)8-2-1-3-9-16(21)22/h4-7,12,19H,1-3,8-11H2,(H,18,20)(H,21,22)/b17-12+. The van der Waals surface area contributed by atoms with Crippen molar-refractivity contribution in [3.8, 4) is 5.75 Å². The number of ether oxygens (including phenoxy) is 1. The van der Waals surface area contributed by atoms with Crippen LogP contribution in [-0.4, -0.2) is 41.5 Å². The summed E-state index contributed by atoms with van der Waals surface area (Å²) in [7, 11) is 0. The number of aliphatic carboxylic acids is 1. The van der Waals surface area contributed by atoms with Crippen LogP contribution in [0, 0.1) is 0 Å². The van der Waals surface area contributed by atoms with Crippen LogP contribution >= 0.6 is 0 Å². The summed E-state index contributed by atoms with van der Waals surface area (Å²) in [6, 6.07) is 7.16. The van der Waals surface area contributed by atoms with Crippen molar-refractivity contribution in [3.05, 3.63) is 29.8 Å². The van der Waals surface area contributed by atoms with Crippen molar-refractivity contribution in [3.63, 3.8) is 0 Å². The normalized spacial score (nSPS) is 10.7. The zero-order chi connectivity index (χ0) is 16.9. The first-order valence-corrected chi connectivity index (χ1v) is 7.50. The number of nitrogens with zero attached hydrogens (tertiary/aromatic N) is 1. The maximum absolute atomic E-state index is 11.6. The van der Waals surface area contributed by atoms with E-state index in [1.807, 2.05) is 6.07 Å². The number of hydrogen-bond acceptors (Lipinski definition) is 5. The number of hydrogen-bond donors (Lipinski definition) is 3. The van der Waals surface area contributed by atoms with E-state index < -0.39 is 5.97 Å². The maximum atomic E-state index is 11.6. The van der Waals surface area contributed by atoms with Crippen molar-refractivity contribution < 1.29 is 24.5 Å². The molecule has 0 aliphatic heterocycles. The minimum atomic E-state index is -0.818. The lowest BCUT2D eigenvalue weighted by atomic mass is 10.1. The second-order valence-corrected chi connectivity index (χ2v) is 4.86. The number of aliphatic hydroxyl groups excluding tert-OH is 1. The number of unbranched alkanes of at least 4 members (excludes halogenated alkanes) is 2. The van der Waals surface area contributed by atoms with Gasteiger partial charge < -0.3 is 14.9 Å². The molecular weight excluding hydrogens is 300 g/mol. The van der Waals surface area contributed by atoms with Gasteiger partial charge in [-0.05, 0) is 25.0 Å². The first-order valence-electron chi connectivity index (χ1n) is 7.50. The molecule has 3 N–H and O–H groups in total. The summed E-state index contributed by atoms with van der Waals surface area (Å²) in [5.41, 5.74) is 3.12. The van der Waals surface area contributed by atoms with Crippen molar-refractivity contribution >= 4 is 18.1 Å². The summed E-state index contributed by atoms with van der Waals surface area (Å²) in [6.45, 7) is 0.109. The monoisotopic (exact) mass is 322 g/mol. The number of hydrazone groups is 1. The Morgan fingerprint density at radius 1 is 1.17 bits per heavy atom. The first-order chi connectivity index (χ1) is 11.1. The molecule has 1 amide bonds. The number of carboxylic acid groups (broad SMARTS) is 1. The minimum absolute atomic E-state index is 0.0793. The van der Waals surface area contributed by atoms with Gasteiger partial charge in [0.05, 0.1) is 12.8 Å². The summed E-state index contributed by atoms with van der Waals surface area (Å²) in [5, 5.41) is 21.1. The third-order valence-corrected chi connectivity index (χ3v) is 2.96. The van der Waals surface area contributed by atoms with Crippen molar-refractivity contribution in [2.24, 2.45) is 5.10 Å². The molecule has 126 valence electrons. The van der Waals surface area contributed by atoms with Crippen LogP contribution in [0.2, 0.25) is 0 Å². The van der Waals surface area contributed by atoms with Gasteiger partial charge in [-0.2, -0.15) is 5.10 Å². The number of nitrogens with one attached hydrogen (secondary N) is 1. The summed E-state index contributed by atoms with van der Waals surface area (Å²) < 4.78 is 5.35. The summed E-state index contributed by atoms with van der Waals surface area (Å²) >= 11 is 0. The van der Waals surface area contributed by atoms with Crippen LogP contribution < -0.4 is 10.2 Å². The molecule has 1 rings (SSSR count). The second-order valence-electron chi connectivity index (χ2n) is 4.86. The molecule has 0 unspecified atom stereocenters. The molecular formula is C16H22N2O5. The Balaban J connectivity index is 2.32. The highest BCUT2D eigenvalue weighted by atomic mass is 16.5. The maximum Gasteiger partial charge on any atom is 0.303 e. The predicted octanol–water partition coefficient (Wildman–Crippen LogP) is 1.54. The Hall–Kier alpha value is -2.41. The molecule has 7 heteroatoms. The molecule has 0 aliphatic carbocycles. The number of amides is 1. The molecule has 1 aromatic carbocycles. The van der Waals surface area contributed by atoms with E-state index in [4.69, 9.17) is 14.9 Å². The highest BCUT2D eigenvalue weighted by Gasteiger charge is 2.02. The molecule has 0 saturated carbocycles. The molecule has 7 nitrogen and oxygen atoms in total. The average Bonchev–Trinajstić information content (AvgIpc) is 2.53. The Kier molecular flexibility index (Phi) is 9.07. The summed E-state index contributed by atoms with van der Waals surface area (Å²) in [4.78, 5) is 21.9. The Morgan fingerprint density at radius 2 is 1.91 bits per heavy atom. The van der Waals surface area contributed by atoms with Gasteiger partial charge in [0.2, 0.25) is 5.91 Å². The number of carboxylic acids is 1. The van der Waals surface area contributed by atoms with E-state index in [0.29, 0.717) is 37.0 Å². The van der Waals surface area contributed by atoms with Crippen LogP contribution in [0.1, 0.15) is 37.7 Å². The fraction of sp³-hybridized carbons (Fsp3) is 0.438. The highest BCUT2D eigenvalue weighted by molar-refractivity contribution is 5.85. The van der Waals surface area contributed by atoms with Gasteiger partial charge in [-0.3, -0.25) is 9.59 Å². The lowest BCUT2D eigenvalue weighted by Gasteiger charge is -2.06. The quantitative estimate of drug-likeness (QED) is 0.325. The van der Waals surface area contributed by atoms with Gasteiger partial charge >= 0.3 is 5.97 Å². The van der Waals surface area contributed by atoms with Gasteiger partial charge in [-0.15, -0.1) is 0 Å². The van der Waals surface area contributed by atoms with Crippen molar-refractivity contribution in [1.29, 1.82) is 0 Å². The van der Waals surface area contributed by atoms with Gasteiger partial charge in [0, 0.05) is 18.4 Å². The molecule has 0 saturated heterocycles. The van der Waals surface area contributed by atoms with Crippen LogP contribution in [0.5, 0.6) is 5.75 Å². The SMILES string of the molecule is O=C(O)CCCCCC(=O)N/N=C/c1ccccc1OCCO. The molecule has 0 spiro atoms. The molecule has 1 aromatic rings. The van der Waals surface area contributed by atoms with Crippen molar-refractivity contribution in [2.45, 2.75) is 32.1 Å². The molecule has 0 aromatic heterocycles. The Morgan fingerprint density at radius 3 is 2.65 bits per heavy atom. The summed E-state index contributed by atoms with van der Waals surface area (Å²) in [6.07, 6.45) is 3.81. The van der Waals surface area contributed by atoms with Crippen molar-refractivity contribution in [1.82, 2.24) is 5.43 Å². The zero-order valence-electron chi connectivity index (χ0n) is 12.9. The highest BCUT2D eigenvalue weighted by Crippen LogP contribution is 2.15. The van der Waals surface area contributed by atoms with E-state index >= 15 is 0 Å². The fourth-order valence-corrected chi connectivity index (χ4v) is 1.84. The van der Waals surface area contributed by atoms with E-state index in [-0.39, 0.29) is 25.5 Å². The Bertz CT molecular complexity index is 531.